The third-order valence-corrected chi connectivity index (χ3v) is 9.60. The molecule has 0 saturated carbocycles. The summed E-state index contributed by atoms with van der Waals surface area (Å²) in [6.45, 7) is 8.48. The molecule has 4 aromatic carbocycles. The Kier molecular flexibility index (Phi) is 16.9. The molecule has 0 bridgehead atoms. The fraction of sp³-hybridized carbons (Fsp3) is 0.409. The zero-order valence-electron chi connectivity index (χ0n) is 33.5. The van der Waals surface area contributed by atoms with Gasteiger partial charge in [0.05, 0.1) is 34.4 Å². The average Bonchev–Trinajstić information content (AvgIpc) is 3.28. The first-order chi connectivity index (χ1) is 26.9. The molecule has 1 aliphatic rings. The van der Waals surface area contributed by atoms with Gasteiger partial charge in [-0.25, -0.2) is 4.39 Å². The highest BCUT2D eigenvalue weighted by molar-refractivity contribution is 6.30. The lowest BCUT2D eigenvalue weighted by molar-refractivity contribution is -0.138. The predicted octanol–water partition coefficient (Wildman–Crippen LogP) is 8.49. The van der Waals surface area contributed by atoms with Crippen molar-refractivity contribution < 1.29 is 37.7 Å². The fourth-order valence-electron chi connectivity index (χ4n) is 6.69. The zero-order valence-corrected chi connectivity index (χ0v) is 35.1. The van der Waals surface area contributed by atoms with E-state index in [1.165, 1.54) is 11.6 Å². The maximum atomic E-state index is 14.4. The van der Waals surface area contributed by atoms with Crippen molar-refractivity contribution in [2.75, 3.05) is 52.5 Å². The van der Waals surface area contributed by atoms with Gasteiger partial charge in [0.15, 0.2) is 23.0 Å². The number of nitrogens with zero attached hydrogens (tertiary/aromatic N) is 1. The number of hydrogen-bond donors (Lipinski definition) is 2. The Hall–Kier alpha value is -4.55. The molecular formula is C44H54Cl2FN3O7. The van der Waals surface area contributed by atoms with Crippen molar-refractivity contribution in [1.82, 2.24) is 10.6 Å². The van der Waals surface area contributed by atoms with Gasteiger partial charge in [-0.05, 0) is 85.8 Å². The summed E-state index contributed by atoms with van der Waals surface area (Å²) >= 11 is 6.60. The Morgan fingerprint density at radius 1 is 0.877 bits per heavy atom. The SMILES string of the molecule is COc1ccc(CCCNCCCOc2cccc([C@H]3O[C@H](CC(=O)NCc4ccccc4F)C(=O)N(CC(C)(C)C)c4ccc(Cl)cc43)c2OC)cc1OC.Cl. The summed E-state index contributed by atoms with van der Waals surface area (Å²) in [5, 5.41) is 6.71. The molecule has 57 heavy (non-hydrogen) atoms. The molecular weight excluding hydrogens is 772 g/mol. The molecule has 10 nitrogen and oxygen atoms in total. The Bertz CT molecular complexity index is 1960. The second-order valence-corrected chi connectivity index (χ2v) is 15.3. The van der Waals surface area contributed by atoms with Crippen molar-refractivity contribution in [1.29, 1.82) is 0 Å². The first-order valence-electron chi connectivity index (χ1n) is 18.9. The topological polar surface area (TPSA) is 108 Å². The van der Waals surface area contributed by atoms with Gasteiger partial charge in [0, 0.05) is 40.5 Å². The van der Waals surface area contributed by atoms with Crippen molar-refractivity contribution in [2.45, 2.75) is 65.2 Å². The maximum absolute atomic E-state index is 14.4. The molecule has 4 aromatic rings. The van der Waals surface area contributed by atoms with Crippen LogP contribution in [0.2, 0.25) is 5.02 Å². The summed E-state index contributed by atoms with van der Waals surface area (Å²) in [5.41, 5.74) is 3.12. The van der Waals surface area contributed by atoms with Crippen LogP contribution >= 0.6 is 24.0 Å². The molecule has 0 aliphatic carbocycles. The highest BCUT2D eigenvalue weighted by Gasteiger charge is 2.40. The van der Waals surface area contributed by atoms with Crippen LogP contribution in [0.3, 0.4) is 0 Å². The van der Waals surface area contributed by atoms with Gasteiger partial charge < -0.3 is 39.2 Å². The standard InChI is InChI=1S/C44H53ClFN3O7.ClH/c1-44(2,3)28-49-35-19-18-31(45)25-33(35)41(56-39(43(49)51)26-40(50)48-27-30-13-7-8-15-34(30)46)32-14-9-16-37(42(32)54-6)55-23-11-22-47-21-10-12-29-17-20-36(52-4)38(24-29)53-5;/h7-9,13-20,24-25,39,41,47H,10-12,21-23,26-28H2,1-6H3,(H,48,50);1H/t39-,41-;/m1./s1. The van der Waals surface area contributed by atoms with E-state index in [-0.39, 0.29) is 36.7 Å². The van der Waals surface area contributed by atoms with E-state index < -0.39 is 23.9 Å². The number of rotatable bonds is 18. The highest BCUT2D eigenvalue weighted by Crippen LogP contribution is 2.46. The van der Waals surface area contributed by atoms with Crippen molar-refractivity contribution in [3.8, 4) is 23.0 Å². The summed E-state index contributed by atoms with van der Waals surface area (Å²) < 4.78 is 44.0. The van der Waals surface area contributed by atoms with Crippen LogP contribution in [0.4, 0.5) is 10.1 Å². The zero-order chi connectivity index (χ0) is 40.2. The molecule has 308 valence electrons. The Morgan fingerprint density at radius 2 is 1.63 bits per heavy atom. The van der Waals surface area contributed by atoms with Crippen LogP contribution in [-0.2, 0) is 27.3 Å². The van der Waals surface area contributed by atoms with Gasteiger partial charge in [-0.2, -0.15) is 0 Å². The van der Waals surface area contributed by atoms with Crippen LogP contribution in [0.25, 0.3) is 0 Å². The average molecular weight is 827 g/mol. The number of halogens is 3. The van der Waals surface area contributed by atoms with Crippen LogP contribution in [0.5, 0.6) is 23.0 Å². The molecule has 0 spiro atoms. The molecule has 1 heterocycles. The van der Waals surface area contributed by atoms with Gasteiger partial charge in [0.25, 0.3) is 5.91 Å². The number of anilines is 1. The van der Waals surface area contributed by atoms with Crippen molar-refractivity contribution in [3.05, 3.63) is 112 Å². The quantitative estimate of drug-likeness (QED) is 0.0963. The minimum absolute atomic E-state index is 0. The second kappa shape index (κ2) is 21.3. The van der Waals surface area contributed by atoms with E-state index in [1.807, 2.05) is 57.2 Å². The van der Waals surface area contributed by atoms with Gasteiger partial charge >= 0.3 is 0 Å². The van der Waals surface area contributed by atoms with E-state index in [0.717, 1.165) is 38.1 Å². The van der Waals surface area contributed by atoms with Gasteiger partial charge in [0.2, 0.25) is 5.91 Å². The van der Waals surface area contributed by atoms with E-state index in [4.69, 9.17) is 35.3 Å². The number of aryl methyl sites for hydroxylation is 1. The van der Waals surface area contributed by atoms with Crippen molar-refractivity contribution >= 4 is 41.5 Å². The molecule has 0 saturated heterocycles. The molecule has 0 radical (unpaired) electrons. The lowest BCUT2D eigenvalue weighted by atomic mass is 9.94. The lowest BCUT2D eigenvalue weighted by Gasteiger charge is -2.31. The highest BCUT2D eigenvalue weighted by atomic mass is 35.5. The van der Waals surface area contributed by atoms with E-state index >= 15 is 0 Å². The summed E-state index contributed by atoms with van der Waals surface area (Å²) in [7, 11) is 4.83. The summed E-state index contributed by atoms with van der Waals surface area (Å²) in [5.74, 6) is 1.17. The van der Waals surface area contributed by atoms with E-state index in [0.29, 0.717) is 57.8 Å². The Labute approximate surface area is 346 Å². The van der Waals surface area contributed by atoms with Crippen molar-refractivity contribution in [3.63, 3.8) is 0 Å². The monoisotopic (exact) mass is 825 g/mol. The number of benzene rings is 4. The first-order valence-corrected chi connectivity index (χ1v) is 19.3. The minimum Gasteiger partial charge on any atom is -0.493 e. The number of ether oxygens (including phenoxy) is 5. The largest absolute Gasteiger partial charge is 0.493 e. The number of amides is 2. The van der Waals surface area contributed by atoms with Crippen LogP contribution in [0, 0.1) is 11.2 Å². The number of fused-ring (bicyclic) bond motifs is 1. The van der Waals surface area contributed by atoms with Gasteiger partial charge in [0.1, 0.15) is 18.0 Å². The Balaban J connectivity index is 0.00000720. The van der Waals surface area contributed by atoms with E-state index in [2.05, 4.69) is 16.7 Å². The van der Waals surface area contributed by atoms with Crippen LogP contribution in [-0.4, -0.2) is 65.5 Å². The molecule has 2 amide bonds. The van der Waals surface area contributed by atoms with Gasteiger partial charge in [-0.1, -0.05) is 68.8 Å². The summed E-state index contributed by atoms with van der Waals surface area (Å²) in [4.78, 5) is 29.4. The maximum Gasteiger partial charge on any atom is 0.256 e. The molecule has 13 heteroatoms. The first kappa shape index (κ1) is 45.2. The number of carbonyl (C=O) groups is 2. The fourth-order valence-corrected chi connectivity index (χ4v) is 6.87. The molecule has 2 atom stereocenters. The third-order valence-electron chi connectivity index (χ3n) is 9.36. The van der Waals surface area contributed by atoms with Gasteiger partial charge in [-0.15, -0.1) is 12.4 Å². The normalized spacial score (nSPS) is 15.2. The third kappa shape index (κ3) is 12.2. The van der Waals surface area contributed by atoms with Gasteiger partial charge in [-0.3, -0.25) is 9.59 Å². The molecule has 0 unspecified atom stereocenters. The molecule has 2 N–H and O–H groups in total. The van der Waals surface area contributed by atoms with E-state index in [9.17, 15) is 14.0 Å². The van der Waals surface area contributed by atoms with Crippen LogP contribution in [0.1, 0.15) is 68.4 Å². The number of nitrogens with one attached hydrogen (secondary N) is 2. The number of para-hydroxylation sites is 1. The molecule has 5 rings (SSSR count). The summed E-state index contributed by atoms with van der Waals surface area (Å²) in [6.07, 6.45) is 0.302. The number of carbonyl (C=O) groups excluding carboxylic acids is 2. The van der Waals surface area contributed by atoms with E-state index in [1.54, 1.807) is 56.6 Å². The van der Waals surface area contributed by atoms with Crippen molar-refractivity contribution in [2.24, 2.45) is 5.41 Å². The number of hydrogen-bond acceptors (Lipinski definition) is 8. The minimum atomic E-state index is -1.18. The molecule has 1 aliphatic heterocycles. The molecule has 0 aromatic heterocycles. The smallest absolute Gasteiger partial charge is 0.256 e. The second-order valence-electron chi connectivity index (χ2n) is 14.9. The number of methoxy groups -OCH3 is 3. The van der Waals surface area contributed by atoms with Crippen LogP contribution < -0.4 is 34.5 Å². The predicted molar refractivity (Wildman–Crippen MR) is 224 cm³/mol. The summed E-state index contributed by atoms with van der Waals surface area (Å²) in [6, 6.07) is 23.1. The lowest BCUT2D eigenvalue weighted by Crippen LogP contribution is -2.45. The van der Waals surface area contributed by atoms with Crippen LogP contribution in [0.15, 0.2) is 78.9 Å². The Morgan fingerprint density at radius 3 is 2.35 bits per heavy atom. The molecule has 0 fully saturated rings.